The van der Waals surface area contributed by atoms with Crippen LogP contribution < -0.4 is 5.32 Å². The molecule has 4 aliphatic carbocycles. The Labute approximate surface area is 122 Å². The summed E-state index contributed by atoms with van der Waals surface area (Å²) < 4.78 is 5.23. The van der Waals surface area contributed by atoms with Crippen molar-refractivity contribution in [2.24, 2.45) is 23.2 Å². The molecule has 1 aromatic rings. The summed E-state index contributed by atoms with van der Waals surface area (Å²) in [4.78, 5) is 0. The topological polar surface area (TPSA) is 25.2 Å². The van der Waals surface area contributed by atoms with Crippen molar-refractivity contribution in [3.8, 4) is 0 Å². The number of rotatable bonds is 5. The molecule has 0 amide bonds. The van der Waals surface area contributed by atoms with Crippen LogP contribution in [0.2, 0.25) is 0 Å². The molecule has 0 spiro atoms. The lowest BCUT2D eigenvalue weighted by molar-refractivity contribution is -0.0616. The van der Waals surface area contributed by atoms with Crippen LogP contribution in [-0.4, -0.2) is 13.1 Å². The predicted molar refractivity (Wildman–Crippen MR) is 80.5 cm³/mol. The zero-order chi connectivity index (χ0) is 13.6. The quantitative estimate of drug-likeness (QED) is 0.876. The molecule has 1 aromatic heterocycles. The highest BCUT2D eigenvalue weighted by Gasteiger charge is 2.51. The minimum absolute atomic E-state index is 0.615. The van der Waals surface area contributed by atoms with Gasteiger partial charge in [-0.25, -0.2) is 0 Å². The van der Waals surface area contributed by atoms with Gasteiger partial charge in [0.2, 0.25) is 0 Å². The van der Waals surface area contributed by atoms with E-state index in [9.17, 15) is 0 Å². The first kappa shape index (κ1) is 12.9. The minimum Gasteiger partial charge on any atom is -0.472 e. The van der Waals surface area contributed by atoms with Crippen LogP contribution in [0.25, 0.3) is 0 Å². The SMILES string of the molecule is CNC(Cc1ccoc1)CC12CC3CC(CC(C3)C1)C2. The molecule has 0 radical (unpaired) electrons. The van der Waals surface area contributed by atoms with E-state index in [0.29, 0.717) is 11.5 Å². The first-order chi connectivity index (χ1) is 9.75. The van der Waals surface area contributed by atoms with E-state index in [1.807, 2.05) is 6.26 Å². The summed E-state index contributed by atoms with van der Waals surface area (Å²) in [6, 6.07) is 2.73. The van der Waals surface area contributed by atoms with Gasteiger partial charge in [-0.05, 0) is 93.2 Å². The molecule has 20 heavy (non-hydrogen) atoms. The summed E-state index contributed by atoms with van der Waals surface area (Å²) in [5, 5.41) is 3.57. The minimum atomic E-state index is 0.615. The third kappa shape index (κ3) is 2.32. The molecule has 110 valence electrons. The molecular weight excluding hydrogens is 246 g/mol. The van der Waals surface area contributed by atoms with Gasteiger partial charge in [0.1, 0.15) is 0 Å². The maximum Gasteiger partial charge on any atom is 0.0935 e. The van der Waals surface area contributed by atoms with Gasteiger partial charge >= 0.3 is 0 Å². The maximum atomic E-state index is 5.23. The molecule has 0 aliphatic heterocycles. The van der Waals surface area contributed by atoms with E-state index in [1.165, 1.54) is 31.2 Å². The Kier molecular flexibility index (Phi) is 3.17. The van der Waals surface area contributed by atoms with Gasteiger partial charge in [-0.3, -0.25) is 0 Å². The van der Waals surface area contributed by atoms with Crippen molar-refractivity contribution >= 4 is 0 Å². The number of likely N-dealkylation sites (N-methyl/N-ethyl adjacent to an activating group) is 1. The molecule has 1 unspecified atom stereocenters. The fourth-order valence-electron chi connectivity index (χ4n) is 6.03. The molecule has 4 fully saturated rings. The van der Waals surface area contributed by atoms with Gasteiger partial charge < -0.3 is 9.73 Å². The van der Waals surface area contributed by atoms with Crippen LogP contribution in [0.4, 0.5) is 0 Å². The normalized spacial score (nSPS) is 40.1. The summed E-state index contributed by atoms with van der Waals surface area (Å²) in [5.41, 5.74) is 2.01. The lowest BCUT2D eigenvalue weighted by Gasteiger charge is -2.57. The van der Waals surface area contributed by atoms with Gasteiger partial charge in [0, 0.05) is 6.04 Å². The van der Waals surface area contributed by atoms with E-state index in [2.05, 4.69) is 18.4 Å². The van der Waals surface area contributed by atoms with Crippen LogP contribution >= 0.6 is 0 Å². The van der Waals surface area contributed by atoms with Crippen molar-refractivity contribution in [3.63, 3.8) is 0 Å². The fourth-order valence-corrected chi connectivity index (χ4v) is 6.03. The molecule has 5 rings (SSSR count). The second kappa shape index (κ2) is 4.91. The van der Waals surface area contributed by atoms with Crippen LogP contribution in [0.1, 0.15) is 50.5 Å². The third-order valence-electron chi connectivity index (χ3n) is 6.31. The van der Waals surface area contributed by atoms with Crippen molar-refractivity contribution in [1.29, 1.82) is 0 Å². The summed E-state index contributed by atoms with van der Waals surface area (Å²) >= 11 is 0. The summed E-state index contributed by atoms with van der Waals surface area (Å²) in [7, 11) is 2.13. The first-order valence-corrected chi connectivity index (χ1v) is 8.43. The summed E-state index contributed by atoms with van der Waals surface area (Å²) in [6.45, 7) is 0. The summed E-state index contributed by atoms with van der Waals surface area (Å²) in [6.07, 6.45) is 15.4. The molecular formula is C18H27NO. The molecule has 0 aromatic carbocycles. The third-order valence-corrected chi connectivity index (χ3v) is 6.31. The van der Waals surface area contributed by atoms with Gasteiger partial charge in [0.05, 0.1) is 12.5 Å². The zero-order valence-corrected chi connectivity index (χ0v) is 12.6. The Morgan fingerprint density at radius 2 is 1.85 bits per heavy atom. The largest absolute Gasteiger partial charge is 0.472 e. The van der Waals surface area contributed by atoms with Crippen molar-refractivity contribution in [1.82, 2.24) is 5.32 Å². The zero-order valence-electron chi connectivity index (χ0n) is 12.6. The van der Waals surface area contributed by atoms with Crippen LogP contribution in [-0.2, 0) is 6.42 Å². The highest BCUT2D eigenvalue weighted by molar-refractivity contribution is 5.09. The number of hydrogen-bond donors (Lipinski definition) is 1. The number of furan rings is 1. The standard InChI is InChI=1S/C18H27NO/c1-19-17(7-13-2-3-20-12-13)11-18-8-14-4-15(9-18)6-16(5-14)10-18/h2-3,12,14-17,19H,4-11H2,1H3. The Balaban J connectivity index is 1.46. The average Bonchev–Trinajstić information content (AvgIpc) is 2.89. The van der Waals surface area contributed by atoms with Crippen LogP contribution in [0, 0.1) is 23.2 Å². The van der Waals surface area contributed by atoms with Crippen molar-refractivity contribution in [2.75, 3.05) is 7.05 Å². The van der Waals surface area contributed by atoms with Gasteiger partial charge in [-0.2, -0.15) is 0 Å². The molecule has 1 atom stereocenters. The van der Waals surface area contributed by atoms with Gasteiger partial charge in [0.25, 0.3) is 0 Å². The molecule has 1 heterocycles. The first-order valence-electron chi connectivity index (χ1n) is 8.43. The Morgan fingerprint density at radius 3 is 2.35 bits per heavy atom. The van der Waals surface area contributed by atoms with E-state index in [0.717, 1.165) is 24.2 Å². The lowest BCUT2D eigenvalue weighted by Crippen LogP contribution is -2.48. The van der Waals surface area contributed by atoms with Gasteiger partial charge in [0.15, 0.2) is 0 Å². The van der Waals surface area contributed by atoms with Crippen LogP contribution in [0.3, 0.4) is 0 Å². The number of hydrogen-bond acceptors (Lipinski definition) is 2. The molecule has 2 nitrogen and oxygen atoms in total. The lowest BCUT2D eigenvalue weighted by atomic mass is 9.48. The Morgan fingerprint density at radius 1 is 1.20 bits per heavy atom. The highest BCUT2D eigenvalue weighted by atomic mass is 16.3. The van der Waals surface area contributed by atoms with E-state index in [1.54, 1.807) is 25.5 Å². The smallest absolute Gasteiger partial charge is 0.0935 e. The fraction of sp³-hybridized carbons (Fsp3) is 0.778. The monoisotopic (exact) mass is 273 g/mol. The second-order valence-electron chi connectivity index (χ2n) is 7.94. The van der Waals surface area contributed by atoms with E-state index in [4.69, 9.17) is 4.42 Å². The average molecular weight is 273 g/mol. The van der Waals surface area contributed by atoms with E-state index in [-0.39, 0.29) is 0 Å². The van der Waals surface area contributed by atoms with Crippen LogP contribution in [0.15, 0.2) is 23.0 Å². The predicted octanol–water partition coefficient (Wildman–Crippen LogP) is 4.02. The van der Waals surface area contributed by atoms with E-state index >= 15 is 0 Å². The molecule has 1 N–H and O–H groups in total. The van der Waals surface area contributed by atoms with Gasteiger partial charge in [-0.1, -0.05) is 0 Å². The van der Waals surface area contributed by atoms with Crippen LogP contribution in [0.5, 0.6) is 0 Å². The van der Waals surface area contributed by atoms with Crippen molar-refractivity contribution in [3.05, 3.63) is 24.2 Å². The molecule has 4 saturated carbocycles. The Hall–Kier alpha value is -0.760. The maximum absolute atomic E-state index is 5.23. The molecule has 0 saturated heterocycles. The van der Waals surface area contributed by atoms with E-state index < -0.39 is 0 Å². The van der Waals surface area contributed by atoms with Crippen molar-refractivity contribution < 1.29 is 4.42 Å². The molecule has 4 aliphatic rings. The highest BCUT2D eigenvalue weighted by Crippen LogP contribution is 2.61. The van der Waals surface area contributed by atoms with Crippen molar-refractivity contribution in [2.45, 2.75) is 57.4 Å². The summed E-state index contributed by atoms with van der Waals surface area (Å²) in [5.74, 6) is 3.19. The number of nitrogens with one attached hydrogen (secondary N) is 1. The molecule has 2 heteroatoms. The van der Waals surface area contributed by atoms with Gasteiger partial charge in [-0.15, -0.1) is 0 Å². The second-order valence-corrected chi connectivity index (χ2v) is 7.94. The Bertz CT molecular complexity index is 415. The molecule has 4 bridgehead atoms.